The molecule has 32 heavy (non-hydrogen) atoms. The molecular formula is C24H32N4O3S. The normalized spacial score (nSPS) is 18.5. The molecule has 2 saturated heterocycles. The zero-order valence-corrected chi connectivity index (χ0v) is 19.7. The third-order valence-electron chi connectivity index (χ3n) is 6.40. The number of nitrogens with zero attached hydrogens (tertiary/aromatic N) is 3. The second-order valence-electron chi connectivity index (χ2n) is 8.73. The van der Waals surface area contributed by atoms with Crippen LogP contribution in [0.25, 0.3) is 0 Å². The van der Waals surface area contributed by atoms with Gasteiger partial charge in [-0.05, 0) is 68.8 Å². The highest BCUT2D eigenvalue weighted by Gasteiger charge is 2.27. The minimum Gasteiger partial charge on any atom is -0.369 e. The van der Waals surface area contributed by atoms with Crippen molar-refractivity contribution in [3.63, 3.8) is 0 Å². The number of amides is 1. The van der Waals surface area contributed by atoms with E-state index < -0.39 is 10.0 Å². The van der Waals surface area contributed by atoms with Gasteiger partial charge in [0.25, 0.3) is 5.91 Å². The van der Waals surface area contributed by atoms with Gasteiger partial charge < -0.3 is 15.1 Å². The molecule has 0 unspecified atom stereocenters. The van der Waals surface area contributed by atoms with Crippen molar-refractivity contribution in [3.05, 3.63) is 53.6 Å². The standard InChI is InChI=1S/C24H32N4O3S/c1-19-6-11-22(32(30,31)28-12-4-3-5-13-28)18-23(19)24(29)25-20-7-9-21(10-8-20)27-16-14-26(2)15-17-27/h6-11,18H,3-5,12-17H2,1-2H3,(H,25,29). The Hall–Kier alpha value is -2.42. The Morgan fingerprint density at radius 3 is 2.19 bits per heavy atom. The average Bonchev–Trinajstić information content (AvgIpc) is 2.81. The summed E-state index contributed by atoms with van der Waals surface area (Å²) in [6.07, 6.45) is 2.81. The number of carbonyl (C=O) groups is 1. The van der Waals surface area contributed by atoms with Crippen LogP contribution in [-0.4, -0.2) is 69.8 Å². The maximum Gasteiger partial charge on any atom is 0.255 e. The Kier molecular flexibility index (Phi) is 6.83. The molecule has 8 heteroatoms. The number of piperazine rings is 1. The molecule has 0 saturated carbocycles. The van der Waals surface area contributed by atoms with Crippen molar-refractivity contribution in [2.24, 2.45) is 0 Å². The number of hydrogen-bond acceptors (Lipinski definition) is 5. The number of likely N-dealkylation sites (N-methyl/N-ethyl adjacent to an activating group) is 1. The van der Waals surface area contributed by atoms with E-state index in [4.69, 9.17) is 0 Å². The summed E-state index contributed by atoms with van der Waals surface area (Å²) < 4.78 is 27.6. The maximum atomic E-state index is 13.0. The highest BCUT2D eigenvalue weighted by molar-refractivity contribution is 7.89. The Balaban J connectivity index is 1.48. The summed E-state index contributed by atoms with van der Waals surface area (Å²) in [7, 11) is -1.46. The Labute approximate surface area is 191 Å². The zero-order chi connectivity index (χ0) is 22.7. The van der Waals surface area contributed by atoms with Crippen molar-refractivity contribution >= 4 is 27.3 Å². The van der Waals surface area contributed by atoms with Crippen LogP contribution >= 0.6 is 0 Å². The highest BCUT2D eigenvalue weighted by Crippen LogP contribution is 2.24. The van der Waals surface area contributed by atoms with Gasteiger partial charge in [0.2, 0.25) is 10.0 Å². The predicted octanol–water partition coefficient (Wildman–Crippen LogP) is 3.17. The lowest BCUT2D eigenvalue weighted by Crippen LogP contribution is -2.44. The van der Waals surface area contributed by atoms with Crippen LogP contribution < -0.4 is 10.2 Å². The van der Waals surface area contributed by atoms with Crippen LogP contribution in [0.4, 0.5) is 11.4 Å². The minimum absolute atomic E-state index is 0.181. The number of benzene rings is 2. The first-order valence-electron chi connectivity index (χ1n) is 11.3. The van der Waals surface area contributed by atoms with Crippen LogP contribution in [-0.2, 0) is 10.0 Å². The number of carbonyl (C=O) groups excluding carboxylic acids is 1. The van der Waals surface area contributed by atoms with E-state index in [2.05, 4.69) is 22.2 Å². The van der Waals surface area contributed by atoms with Gasteiger partial charge in [0.1, 0.15) is 0 Å². The van der Waals surface area contributed by atoms with E-state index in [0.29, 0.717) is 24.3 Å². The number of aryl methyl sites for hydroxylation is 1. The molecule has 7 nitrogen and oxygen atoms in total. The fourth-order valence-corrected chi connectivity index (χ4v) is 5.82. The summed E-state index contributed by atoms with van der Waals surface area (Å²) in [5.74, 6) is -0.300. The van der Waals surface area contributed by atoms with Gasteiger partial charge in [-0.15, -0.1) is 0 Å². The van der Waals surface area contributed by atoms with E-state index in [1.54, 1.807) is 12.1 Å². The van der Waals surface area contributed by atoms with Crippen LogP contribution in [0.2, 0.25) is 0 Å². The van der Waals surface area contributed by atoms with Gasteiger partial charge in [-0.2, -0.15) is 4.31 Å². The topological polar surface area (TPSA) is 73.0 Å². The van der Waals surface area contributed by atoms with Crippen LogP contribution in [0.3, 0.4) is 0 Å². The first-order valence-corrected chi connectivity index (χ1v) is 12.7. The summed E-state index contributed by atoms with van der Waals surface area (Å²) in [5.41, 5.74) is 2.96. The Morgan fingerprint density at radius 2 is 1.53 bits per heavy atom. The van der Waals surface area contributed by atoms with E-state index in [1.807, 2.05) is 31.2 Å². The summed E-state index contributed by atoms with van der Waals surface area (Å²) in [4.78, 5) is 17.8. The molecule has 0 aromatic heterocycles. The molecule has 172 valence electrons. The van der Waals surface area contributed by atoms with Gasteiger partial charge in [0, 0.05) is 56.2 Å². The maximum absolute atomic E-state index is 13.0. The summed E-state index contributed by atoms with van der Waals surface area (Å²) in [6.45, 7) is 6.94. The summed E-state index contributed by atoms with van der Waals surface area (Å²) in [5, 5.41) is 2.92. The quantitative estimate of drug-likeness (QED) is 0.748. The molecule has 2 aromatic carbocycles. The first kappa shape index (κ1) is 22.8. The number of anilines is 2. The van der Waals surface area contributed by atoms with Crippen LogP contribution in [0, 0.1) is 6.92 Å². The monoisotopic (exact) mass is 456 g/mol. The van der Waals surface area contributed by atoms with E-state index in [-0.39, 0.29) is 10.8 Å². The van der Waals surface area contributed by atoms with E-state index in [1.165, 1.54) is 10.4 Å². The number of hydrogen-bond donors (Lipinski definition) is 1. The second kappa shape index (κ2) is 9.60. The molecule has 4 rings (SSSR count). The Morgan fingerprint density at radius 1 is 0.875 bits per heavy atom. The highest BCUT2D eigenvalue weighted by atomic mass is 32.2. The van der Waals surface area contributed by atoms with E-state index >= 15 is 0 Å². The van der Waals surface area contributed by atoms with Crippen LogP contribution in [0.15, 0.2) is 47.4 Å². The second-order valence-corrected chi connectivity index (χ2v) is 10.7. The molecule has 2 aliphatic heterocycles. The SMILES string of the molecule is Cc1ccc(S(=O)(=O)N2CCCCC2)cc1C(=O)Nc1ccc(N2CCN(C)CC2)cc1. The van der Waals surface area contributed by atoms with Crippen molar-refractivity contribution in [1.82, 2.24) is 9.21 Å². The molecule has 2 aromatic rings. The van der Waals surface area contributed by atoms with Crippen molar-refractivity contribution in [2.45, 2.75) is 31.1 Å². The van der Waals surface area contributed by atoms with Gasteiger partial charge in [-0.25, -0.2) is 8.42 Å². The lowest BCUT2D eigenvalue weighted by Gasteiger charge is -2.34. The van der Waals surface area contributed by atoms with Crippen LogP contribution in [0.1, 0.15) is 35.2 Å². The molecule has 2 aliphatic rings. The molecule has 1 N–H and O–H groups in total. The largest absolute Gasteiger partial charge is 0.369 e. The number of rotatable bonds is 5. The summed E-state index contributed by atoms with van der Waals surface area (Å²) >= 11 is 0. The fourth-order valence-electron chi connectivity index (χ4n) is 4.28. The smallest absolute Gasteiger partial charge is 0.255 e. The van der Waals surface area contributed by atoms with Gasteiger partial charge in [-0.1, -0.05) is 12.5 Å². The molecule has 0 spiro atoms. The van der Waals surface area contributed by atoms with Crippen molar-refractivity contribution in [1.29, 1.82) is 0 Å². The van der Waals surface area contributed by atoms with Crippen molar-refractivity contribution in [3.8, 4) is 0 Å². The average molecular weight is 457 g/mol. The van der Waals surface area contributed by atoms with Crippen molar-refractivity contribution < 1.29 is 13.2 Å². The molecule has 2 heterocycles. The Bertz CT molecular complexity index is 1060. The number of sulfonamides is 1. The predicted molar refractivity (Wildman–Crippen MR) is 128 cm³/mol. The van der Waals surface area contributed by atoms with E-state index in [0.717, 1.165) is 56.7 Å². The molecule has 0 atom stereocenters. The minimum atomic E-state index is -3.59. The molecule has 0 radical (unpaired) electrons. The molecule has 2 fully saturated rings. The molecular weight excluding hydrogens is 424 g/mol. The first-order chi connectivity index (χ1) is 15.3. The molecule has 0 aliphatic carbocycles. The molecule has 0 bridgehead atoms. The lowest BCUT2D eigenvalue weighted by atomic mass is 10.1. The third-order valence-corrected chi connectivity index (χ3v) is 8.29. The summed E-state index contributed by atoms with van der Waals surface area (Å²) in [6, 6.07) is 12.6. The van der Waals surface area contributed by atoms with Gasteiger partial charge >= 0.3 is 0 Å². The van der Waals surface area contributed by atoms with E-state index in [9.17, 15) is 13.2 Å². The van der Waals surface area contributed by atoms with Crippen molar-refractivity contribution in [2.75, 3.05) is 56.5 Å². The van der Waals surface area contributed by atoms with Gasteiger partial charge in [0.15, 0.2) is 0 Å². The number of nitrogens with one attached hydrogen (secondary N) is 1. The lowest BCUT2D eigenvalue weighted by molar-refractivity contribution is 0.102. The third kappa shape index (κ3) is 4.98. The number of piperidine rings is 1. The van der Waals surface area contributed by atoms with Gasteiger partial charge in [0.05, 0.1) is 4.90 Å². The van der Waals surface area contributed by atoms with Crippen LogP contribution in [0.5, 0.6) is 0 Å². The zero-order valence-electron chi connectivity index (χ0n) is 18.9. The van der Waals surface area contributed by atoms with Gasteiger partial charge in [-0.3, -0.25) is 4.79 Å². The molecule has 1 amide bonds. The fraction of sp³-hybridized carbons (Fsp3) is 0.458.